The standard InChI is InChI=1S/C14H12N2O2.C2HF3O2/c1-7-8(2)13(17)11(15)14-12(7)16-9-5-3-4-6-10(9)18-14;3-2(4,5)1(6)7/h3-6H,15H2,1-2H3;(H,6,7). The van der Waals surface area contributed by atoms with E-state index in [-0.39, 0.29) is 11.1 Å². The molecule has 1 aliphatic carbocycles. The van der Waals surface area contributed by atoms with Gasteiger partial charge in [-0.1, -0.05) is 12.1 Å². The zero-order chi connectivity index (χ0) is 18.9. The second kappa shape index (κ2) is 6.42. The van der Waals surface area contributed by atoms with Crippen molar-refractivity contribution < 1.29 is 27.5 Å². The number of carbonyl (C=O) groups is 1. The molecule has 0 radical (unpaired) electrons. The van der Waals surface area contributed by atoms with Crippen LogP contribution in [0.15, 0.2) is 33.5 Å². The topological polar surface area (TPSA) is 106 Å². The number of nitrogens with zero attached hydrogens (tertiary/aromatic N) is 1. The molecule has 1 aromatic carbocycles. The molecule has 0 saturated heterocycles. The molecule has 0 spiro atoms. The van der Waals surface area contributed by atoms with Crippen LogP contribution < -0.4 is 11.2 Å². The van der Waals surface area contributed by atoms with Crippen LogP contribution in [-0.2, 0) is 4.79 Å². The molecule has 9 heteroatoms. The maximum Gasteiger partial charge on any atom is 0.490 e. The zero-order valence-corrected chi connectivity index (χ0v) is 13.1. The average Bonchev–Trinajstić information content (AvgIpc) is 2.56. The predicted octanol–water partition coefficient (Wildman–Crippen LogP) is 3.13. The predicted molar refractivity (Wildman–Crippen MR) is 84.5 cm³/mol. The van der Waals surface area contributed by atoms with Gasteiger partial charge < -0.3 is 15.3 Å². The maximum atomic E-state index is 11.9. The van der Waals surface area contributed by atoms with Gasteiger partial charge in [0.25, 0.3) is 0 Å². The molecule has 0 saturated carbocycles. The molecule has 132 valence electrons. The monoisotopic (exact) mass is 354 g/mol. The summed E-state index contributed by atoms with van der Waals surface area (Å²) in [6.07, 6.45) is -5.08. The molecule has 2 aliphatic rings. The normalized spacial score (nSPS) is 11.2. The van der Waals surface area contributed by atoms with Crippen LogP contribution in [0.2, 0.25) is 0 Å². The molecule has 1 heterocycles. The van der Waals surface area contributed by atoms with E-state index in [1.54, 1.807) is 13.0 Å². The Bertz CT molecular complexity index is 980. The fourth-order valence-electron chi connectivity index (χ4n) is 2.06. The maximum absolute atomic E-state index is 11.9. The number of nitrogens with two attached hydrogens (primary N) is 1. The first kappa shape index (κ1) is 18.2. The van der Waals surface area contributed by atoms with E-state index in [0.29, 0.717) is 22.6 Å². The van der Waals surface area contributed by atoms with E-state index >= 15 is 0 Å². The number of benzene rings is 2. The molecule has 0 bridgehead atoms. The quantitative estimate of drug-likeness (QED) is 0.474. The Morgan fingerprint density at radius 1 is 1.20 bits per heavy atom. The highest BCUT2D eigenvalue weighted by atomic mass is 19.4. The minimum atomic E-state index is -5.08. The van der Waals surface area contributed by atoms with E-state index in [4.69, 9.17) is 20.1 Å². The van der Waals surface area contributed by atoms with Crippen molar-refractivity contribution >= 4 is 22.8 Å². The smallest absolute Gasteiger partial charge is 0.475 e. The molecule has 0 aromatic heterocycles. The number of hydrogen-bond donors (Lipinski definition) is 2. The van der Waals surface area contributed by atoms with Crippen LogP contribution in [0.5, 0.6) is 0 Å². The molecule has 25 heavy (non-hydrogen) atoms. The van der Waals surface area contributed by atoms with Crippen molar-refractivity contribution in [2.24, 2.45) is 0 Å². The Balaban J connectivity index is 0.000000277. The molecule has 1 aliphatic heterocycles. The number of fused-ring (bicyclic) bond motifs is 2. The second-order valence-electron chi connectivity index (χ2n) is 5.16. The summed E-state index contributed by atoms with van der Waals surface area (Å²) in [4.78, 5) is 25.3. The first-order valence-corrected chi connectivity index (χ1v) is 6.92. The number of carboxylic acids is 1. The lowest BCUT2D eigenvalue weighted by Gasteiger charge is -2.12. The van der Waals surface area contributed by atoms with Crippen molar-refractivity contribution in [3.8, 4) is 11.5 Å². The molecule has 1 aromatic rings. The summed E-state index contributed by atoms with van der Waals surface area (Å²) >= 11 is 0. The lowest BCUT2D eigenvalue weighted by Crippen LogP contribution is -2.21. The number of para-hydroxylation sites is 2. The van der Waals surface area contributed by atoms with Gasteiger partial charge in [0.2, 0.25) is 5.43 Å². The summed E-state index contributed by atoms with van der Waals surface area (Å²) in [6.45, 7) is 3.61. The molecule has 3 rings (SSSR count). The number of rotatable bonds is 0. The van der Waals surface area contributed by atoms with Crippen LogP contribution in [-0.4, -0.2) is 22.2 Å². The van der Waals surface area contributed by atoms with Crippen LogP contribution in [0.3, 0.4) is 0 Å². The van der Waals surface area contributed by atoms with E-state index in [0.717, 1.165) is 11.1 Å². The lowest BCUT2D eigenvalue weighted by atomic mass is 10.0. The van der Waals surface area contributed by atoms with Gasteiger partial charge >= 0.3 is 12.1 Å². The van der Waals surface area contributed by atoms with Crippen LogP contribution in [0, 0.1) is 13.8 Å². The number of hydrogen-bond acceptors (Lipinski definition) is 5. The summed E-state index contributed by atoms with van der Waals surface area (Å²) in [7, 11) is 0. The van der Waals surface area contributed by atoms with Crippen LogP contribution in [0.25, 0.3) is 22.6 Å². The van der Waals surface area contributed by atoms with E-state index in [2.05, 4.69) is 4.98 Å². The third-order valence-electron chi connectivity index (χ3n) is 3.51. The van der Waals surface area contributed by atoms with E-state index in [1.807, 2.05) is 25.1 Å². The molecule has 0 unspecified atom stereocenters. The highest BCUT2D eigenvalue weighted by Gasteiger charge is 2.38. The summed E-state index contributed by atoms with van der Waals surface area (Å²) in [5.74, 6) is -2.38. The Kier molecular flexibility index (Phi) is 4.69. The van der Waals surface area contributed by atoms with Crippen molar-refractivity contribution in [1.29, 1.82) is 0 Å². The van der Waals surface area contributed by atoms with Crippen molar-refractivity contribution in [3.63, 3.8) is 0 Å². The number of aliphatic carboxylic acids is 1. The largest absolute Gasteiger partial charge is 0.490 e. The van der Waals surface area contributed by atoms with Crippen molar-refractivity contribution in [3.05, 3.63) is 45.6 Å². The number of aromatic nitrogens is 1. The van der Waals surface area contributed by atoms with Crippen LogP contribution in [0.1, 0.15) is 11.1 Å². The van der Waals surface area contributed by atoms with Gasteiger partial charge in [0, 0.05) is 5.56 Å². The Morgan fingerprint density at radius 3 is 2.32 bits per heavy atom. The molecule has 0 amide bonds. The third kappa shape index (κ3) is 3.54. The number of halogens is 3. The van der Waals surface area contributed by atoms with Gasteiger partial charge in [-0.25, -0.2) is 9.78 Å². The van der Waals surface area contributed by atoms with Crippen molar-refractivity contribution in [2.75, 3.05) is 5.73 Å². The summed E-state index contributed by atoms with van der Waals surface area (Å²) < 4.78 is 37.4. The molecular formula is C16H13F3N2O4. The second-order valence-corrected chi connectivity index (χ2v) is 5.16. The van der Waals surface area contributed by atoms with Crippen LogP contribution in [0.4, 0.5) is 18.9 Å². The van der Waals surface area contributed by atoms with Gasteiger partial charge in [0.05, 0.1) is 0 Å². The summed E-state index contributed by atoms with van der Waals surface area (Å²) in [6, 6.07) is 7.42. The minimum absolute atomic E-state index is 0.131. The average molecular weight is 354 g/mol. The summed E-state index contributed by atoms with van der Waals surface area (Å²) in [5.41, 5.74) is 9.26. The minimum Gasteiger partial charge on any atom is -0.475 e. The Labute approximate surface area is 139 Å². The van der Waals surface area contributed by atoms with Gasteiger partial charge in [-0.3, -0.25) is 4.79 Å². The van der Waals surface area contributed by atoms with E-state index in [1.165, 1.54) is 0 Å². The van der Waals surface area contributed by atoms with Crippen molar-refractivity contribution in [2.45, 2.75) is 20.0 Å². The third-order valence-corrected chi connectivity index (χ3v) is 3.51. The first-order chi connectivity index (χ1) is 11.5. The number of carboxylic acid groups (broad SMARTS) is 1. The van der Waals surface area contributed by atoms with Gasteiger partial charge in [-0.15, -0.1) is 0 Å². The fourth-order valence-corrected chi connectivity index (χ4v) is 2.06. The van der Waals surface area contributed by atoms with E-state index in [9.17, 15) is 18.0 Å². The van der Waals surface area contributed by atoms with Crippen molar-refractivity contribution in [1.82, 2.24) is 4.98 Å². The molecule has 6 nitrogen and oxygen atoms in total. The zero-order valence-electron chi connectivity index (χ0n) is 13.1. The highest BCUT2D eigenvalue weighted by Crippen LogP contribution is 2.31. The molecule has 3 N–H and O–H groups in total. The highest BCUT2D eigenvalue weighted by molar-refractivity contribution is 5.82. The summed E-state index contributed by atoms with van der Waals surface area (Å²) in [5, 5.41) is 7.12. The van der Waals surface area contributed by atoms with Gasteiger partial charge in [-0.2, -0.15) is 13.2 Å². The first-order valence-electron chi connectivity index (χ1n) is 6.92. The Morgan fingerprint density at radius 2 is 1.76 bits per heavy atom. The fraction of sp³-hybridized carbons (Fsp3) is 0.188. The SMILES string of the molecule is Cc1c2nc3ccccc3oc-2c(N)c(=O)c1C.O=C(O)C(F)(F)F. The van der Waals surface area contributed by atoms with E-state index < -0.39 is 12.1 Å². The number of anilines is 1. The van der Waals surface area contributed by atoms with Gasteiger partial charge in [0.15, 0.2) is 11.3 Å². The number of nitrogen functional groups attached to an aromatic ring is 1. The van der Waals surface area contributed by atoms with Gasteiger partial charge in [0.1, 0.15) is 16.9 Å². The lowest BCUT2D eigenvalue weighted by molar-refractivity contribution is -0.192. The molecule has 0 atom stereocenters. The molecule has 0 fully saturated rings. The molecular weight excluding hydrogens is 341 g/mol. The number of alkyl halides is 3. The van der Waals surface area contributed by atoms with Gasteiger partial charge in [-0.05, 0) is 31.5 Å². The van der Waals surface area contributed by atoms with Crippen LogP contribution >= 0.6 is 0 Å². The Hall–Kier alpha value is -3.10.